The van der Waals surface area contributed by atoms with Crippen molar-refractivity contribution in [3.8, 4) is 0 Å². The van der Waals surface area contributed by atoms with Gasteiger partial charge in [0.25, 0.3) is 5.69 Å². The van der Waals surface area contributed by atoms with Gasteiger partial charge in [0.05, 0.1) is 4.92 Å². The third-order valence-electron chi connectivity index (χ3n) is 2.84. The lowest BCUT2D eigenvalue weighted by Crippen LogP contribution is -2.24. The first-order valence-electron chi connectivity index (χ1n) is 5.27. The number of carbonyl (C=O) groups excluding carboxylic acids is 1. The number of non-ortho nitro benzene ring substituents is 1. The van der Waals surface area contributed by atoms with Crippen molar-refractivity contribution in [1.82, 2.24) is 0 Å². The van der Waals surface area contributed by atoms with Gasteiger partial charge in [-0.15, -0.1) is 0 Å². The Morgan fingerprint density at radius 3 is 2.53 bits per heavy atom. The van der Waals surface area contributed by atoms with Crippen LogP contribution in [0.15, 0.2) is 24.3 Å². The molecule has 1 fully saturated rings. The summed E-state index contributed by atoms with van der Waals surface area (Å²) in [4.78, 5) is 23.4. The van der Waals surface area contributed by atoms with E-state index in [4.69, 9.17) is 0 Å². The van der Waals surface area contributed by atoms with Crippen molar-refractivity contribution in [1.29, 1.82) is 0 Å². The van der Waals surface area contributed by atoms with Crippen LogP contribution in [-0.4, -0.2) is 23.1 Å². The zero-order valence-electron chi connectivity index (χ0n) is 9.07. The molecule has 1 amide bonds. The summed E-state index contributed by atoms with van der Waals surface area (Å²) in [6.07, 6.45) is 0.500. The molecule has 0 spiro atoms. The van der Waals surface area contributed by atoms with Gasteiger partial charge in [-0.2, -0.15) is 12.6 Å². The molecule has 2 rings (SSSR count). The fourth-order valence-corrected chi connectivity index (χ4v) is 2.15. The molecular weight excluding hydrogens is 240 g/mol. The SMILES string of the molecule is O=C1CC(CS)CN1c1ccc([N+](=O)[O-])cc1. The fraction of sp³-hybridized carbons (Fsp3) is 0.364. The van der Waals surface area contributed by atoms with Gasteiger partial charge in [0, 0.05) is 30.8 Å². The van der Waals surface area contributed by atoms with Crippen molar-refractivity contribution in [3.05, 3.63) is 34.4 Å². The van der Waals surface area contributed by atoms with E-state index < -0.39 is 4.92 Å². The van der Waals surface area contributed by atoms with Gasteiger partial charge in [-0.1, -0.05) is 0 Å². The summed E-state index contributed by atoms with van der Waals surface area (Å²) in [5.74, 6) is 0.994. The van der Waals surface area contributed by atoms with Crippen LogP contribution in [0.2, 0.25) is 0 Å². The second-order valence-corrected chi connectivity index (χ2v) is 4.40. The molecular formula is C11H12N2O3S. The third kappa shape index (κ3) is 2.41. The fourth-order valence-electron chi connectivity index (χ4n) is 1.91. The number of nitro benzene ring substituents is 1. The summed E-state index contributed by atoms with van der Waals surface area (Å²) in [6.45, 7) is 0.639. The number of hydrogen-bond acceptors (Lipinski definition) is 4. The molecule has 1 heterocycles. The molecule has 0 aromatic heterocycles. The molecule has 0 radical (unpaired) electrons. The zero-order chi connectivity index (χ0) is 12.4. The quantitative estimate of drug-likeness (QED) is 0.507. The van der Waals surface area contributed by atoms with E-state index >= 15 is 0 Å². The Labute approximate surface area is 104 Å². The molecule has 6 heteroatoms. The minimum absolute atomic E-state index is 0.0335. The number of rotatable bonds is 3. The van der Waals surface area contributed by atoms with Crippen LogP contribution in [-0.2, 0) is 4.79 Å². The van der Waals surface area contributed by atoms with Gasteiger partial charge in [0.2, 0.25) is 5.91 Å². The number of nitrogens with zero attached hydrogens (tertiary/aromatic N) is 2. The second kappa shape index (κ2) is 4.75. The minimum Gasteiger partial charge on any atom is -0.312 e. The van der Waals surface area contributed by atoms with Crippen molar-refractivity contribution in [3.63, 3.8) is 0 Å². The number of nitro groups is 1. The molecule has 17 heavy (non-hydrogen) atoms. The number of anilines is 1. The van der Waals surface area contributed by atoms with Gasteiger partial charge in [-0.05, 0) is 23.8 Å². The maximum absolute atomic E-state index is 11.7. The lowest BCUT2D eigenvalue weighted by Gasteiger charge is -2.16. The molecule has 1 saturated heterocycles. The van der Waals surface area contributed by atoms with Crippen LogP contribution in [0.4, 0.5) is 11.4 Å². The standard InChI is InChI=1S/C11H12N2O3S/c14-11-5-8(7-17)6-12(11)9-1-3-10(4-2-9)13(15)16/h1-4,8,17H,5-7H2. The molecule has 0 saturated carbocycles. The number of amides is 1. The Morgan fingerprint density at radius 1 is 1.41 bits per heavy atom. The van der Waals surface area contributed by atoms with Gasteiger partial charge >= 0.3 is 0 Å². The molecule has 5 nitrogen and oxygen atoms in total. The normalized spacial score (nSPS) is 19.7. The number of benzene rings is 1. The number of thiol groups is 1. The predicted molar refractivity (Wildman–Crippen MR) is 67.4 cm³/mol. The lowest BCUT2D eigenvalue weighted by atomic mass is 10.1. The molecule has 1 atom stereocenters. The molecule has 0 N–H and O–H groups in total. The van der Waals surface area contributed by atoms with E-state index in [0.29, 0.717) is 24.4 Å². The Kier molecular flexibility index (Phi) is 3.33. The molecule has 0 aliphatic carbocycles. The van der Waals surface area contributed by atoms with Crippen LogP contribution in [0, 0.1) is 16.0 Å². The van der Waals surface area contributed by atoms with E-state index in [1.165, 1.54) is 12.1 Å². The van der Waals surface area contributed by atoms with Crippen LogP contribution in [0.3, 0.4) is 0 Å². The monoisotopic (exact) mass is 252 g/mol. The van der Waals surface area contributed by atoms with Crippen LogP contribution < -0.4 is 4.90 Å². The largest absolute Gasteiger partial charge is 0.312 e. The zero-order valence-corrected chi connectivity index (χ0v) is 9.97. The summed E-state index contributed by atoms with van der Waals surface area (Å²) in [5.41, 5.74) is 0.746. The summed E-state index contributed by atoms with van der Waals surface area (Å²) < 4.78 is 0. The first kappa shape index (κ1) is 11.9. The highest BCUT2D eigenvalue weighted by atomic mass is 32.1. The average molecular weight is 252 g/mol. The van der Waals surface area contributed by atoms with Crippen LogP contribution in [0.5, 0.6) is 0 Å². The molecule has 1 unspecified atom stereocenters. The van der Waals surface area contributed by atoms with Gasteiger partial charge < -0.3 is 4.90 Å². The van der Waals surface area contributed by atoms with Crippen molar-refractivity contribution in [2.45, 2.75) is 6.42 Å². The Morgan fingerprint density at radius 2 is 2.06 bits per heavy atom. The predicted octanol–water partition coefficient (Wildman–Crippen LogP) is 1.88. The summed E-state index contributed by atoms with van der Waals surface area (Å²) >= 11 is 4.18. The first-order chi connectivity index (χ1) is 8.11. The molecule has 1 aromatic rings. The maximum Gasteiger partial charge on any atom is 0.269 e. The van der Waals surface area contributed by atoms with Crippen molar-refractivity contribution in [2.75, 3.05) is 17.2 Å². The topological polar surface area (TPSA) is 63.5 Å². The maximum atomic E-state index is 11.7. The van der Waals surface area contributed by atoms with E-state index in [0.717, 1.165) is 0 Å². The summed E-state index contributed by atoms with van der Waals surface area (Å²) in [5, 5.41) is 10.5. The highest BCUT2D eigenvalue weighted by Gasteiger charge is 2.29. The van der Waals surface area contributed by atoms with Crippen LogP contribution >= 0.6 is 12.6 Å². The van der Waals surface area contributed by atoms with Crippen molar-refractivity contribution >= 4 is 29.9 Å². The van der Waals surface area contributed by atoms with Gasteiger partial charge in [-0.3, -0.25) is 14.9 Å². The van der Waals surface area contributed by atoms with Gasteiger partial charge in [0.1, 0.15) is 0 Å². The van der Waals surface area contributed by atoms with Crippen LogP contribution in [0.1, 0.15) is 6.42 Å². The van der Waals surface area contributed by atoms with Crippen molar-refractivity contribution in [2.24, 2.45) is 5.92 Å². The second-order valence-electron chi connectivity index (χ2n) is 4.03. The lowest BCUT2D eigenvalue weighted by molar-refractivity contribution is -0.384. The summed E-state index contributed by atoms with van der Waals surface area (Å²) in [6, 6.07) is 6.04. The highest BCUT2D eigenvalue weighted by molar-refractivity contribution is 7.80. The molecule has 1 aromatic carbocycles. The molecule has 1 aliphatic heterocycles. The van der Waals surface area contributed by atoms with Gasteiger partial charge in [-0.25, -0.2) is 0 Å². The van der Waals surface area contributed by atoms with E-state index in [1.807, 2.05) is 0 Å². The van der Waals surface area contributed by atoms with Crippen LogP contribution in [0.25, 0.3) is 0 Å². The molecule has 0 bridgehead atoms. The number of carbonyl (C=O) groups is 1. The highest BCUT2D eigenvalue weighted by Crippen LogP contribution is 2.27. The van der Waals surface area contributed by atoms with E-state index in [1.54, 1.807) is 17.0 Å². The van der Waals surface area contributed by atoms with Crippen molar-refractivity contribution < 1.29 is 9.72 Å². The van der Waals surface area contributed by atoms with E-state index in [9.17, 15) is 14.9 Å². The first-order valence-corrected chi connectivity index (χ1v) is 5.90. The Hall–Kier alpha value is -1.56. The molecule has 1 aliphatic rings. The Balaban J connectivity index is 2.18. The minimum atomic E-state index is -0.452. The molecule has 90 valence electrons. The van der Waals surface area contributed by atoms with E-state index in [-0.39, 0.29) is 17.5 Å². The summed E-state index contributed by atoms with van der Waals surface area (Å²) in [7, 11) is 0. The third-order valence-corrected chi connectivity index (χ3v) is 3.35. The van der Waals surface area contributed by atoms with E-state index in [2.05, 4.69) is 12.6 Å². The number of hydrogen-bond donors (Lipinski definition) is 1. The average Bonchev–Trinajstić information content (AvgIpc) is 2.71. The van der Waals surface area contributed by atoms with Gasteiger partial charge in [0.15, 0.2) is 0 Å². The smallest absolute Gasteiger partial charge is 0.269 e. The Bertz CT molecular complexity index is 447.